The predicted molar refractivity (Wildman–Crippen MR) is 67.4 cm³/mol. The molecule has 19 heavy (non-hydrogen) atoms. The normalized spacial score (nSPS) is 12.7. The number of hydrogen-bond acceptors (Lipinski definition) is 4. The molecule has 2 heterocycles. The maximum Gasteiger partial charge on any atom is 0.346 e. The van der Waals surface area contributed by atoms with E-state index in [1.165, 1.54) is 18.4 Å². The number of non-ortho nitro benzene ring substituents is 1. The summed E-state index contributed by atoms with van der Waals surface area (Å²) in [5.74, 6) is 0.177. The maximum absolute atomic E-state index is 10.8. The molecule has 6 heteroatoms. The quantitative estimate of drug-likeness (QED) is 0.469. The van der Waals surface area contributed by atoms with Gasteiger partial charge in [-0.1, -0.05) is 0 Å². The molecule has 1 aliphatic heterocycles. The van der Waals surface area contributed by atoms with Gasteiger partial charge in [0, 0.05) is 23.3 Å². The number of aliphatic imine (C=N–C) groups is 1. The van der Waals surface area contributed by atoms with E-state index in [0.29, 0.717) is 17.8 Å². The SMILES string of the molecule is [C-]#[N+]c1cc(C2=NCc3ccc([N+](=O)[O-])cc32)co1. The number of furan rings is 1. The molecule has 0 unspecified atom stereocenters. The van der Waals surface area contributed by atoms with Gasteiger partial charge in [-0.2, -0.15) is 4.85 Å². The Hall–Kier alpha value is -2.94. The summed E-state index contributed by atoms with van der Waals surface area (Å²) in [5, 5.41) is 10.8. The van der Waals surface area contributed by atoms with Crippen molar-refractivity contribution < 1.29 is 9.34 Å². The van der Waals surface area contributed by atoms with Gasteiger partial charge < -0.3 is 4.42 Å². The molecular weight excluding hydrogens is 246 g/mol. The summed E-state index contributed by atoms with van der Waals surface area (Å²) in [6.07, 6.45) is 1.44. The van der Waals surface area contributed by atoms with Gasteiger partial charge in [0.05, 0.1) is 30.0 Å². The van der Waals surface area contributed by atoms with Crippen LogP contribution in [-0.2, 0) is 6.54 Å². The van der Waals surface area contributed by atoms with Crippen molar-refractivity contribution in [1.29, 1.82) is 0 Å². The number of rotatable bonds is 2. The van der Waals surface area contributed by atoms with E-state index in [1.54, 1.807) is 12.1 Å². The Morgan fingerprint density at radius 3 is 2.95 bits per heavy atom. The van der Waals surface area contributed by atoms with Crippen molar-refractivity contribution in [2.24, 2.45) is 4.99 Å². The van der Waals surface area contributed by atoms with E-state index >= 15 is 0 Å². The fourth-order valence-corrected chi connectivity index (χ4v) is 2.04. The lowest BCUT2D eigenvalue weighted by Gasteiger charge is -2.01. The summed E-state index contributed by atoms with van der Waals surface area (Å²) in [5.41, 5.74) is 3.00. The van der Waals surface area contributed by atoms with Crippen LogP contribution in [0.25, 0.3) is 4.85 Å². The fraction of sp³-hybridized carbons (Fsp3) is 0.0769. The van der Waals surface area contributed by atoms with Crippen molar-refractivity contribution in [3.63, 3.8) is 0 Å². The van der Waals surface area contributed by atoms with Crippen LogP contribution in [0.3, 0.4) is 0 Å². The standard InChI is InChI=1S/C13H7N3O3/c1-14-12-4-9(7-19-12)13-11-5-10(16(17)18)3-2-8(11)6-15-13/h2-5,7H,6H2. The monoisotopic (exact) mass is 253 g/mol. The average molecular weight is 253 g/mol. The van der Waals surface area contributed by atoms with E-state index in [9.17, 15) is 10.1 Å². The molecular formula is C13H7N3O3. The predicted octanol–water partition coefficient (Wildman–Crippen LogP) is 3.09. The van der Waals surface area contributed by atoms with Crippen LogP contribution in [0.5, 0.6) is 0 Å². The van der Waals surface area contributed by atoms with Gasteiger partial charge in [0.25, 0.3) is 5.69 Å². The second-order valence-electron chi connectivity index (χ2n) is 4.05. The molecule has 92 valence electrons. The number of nitrogens with zero attached hydrogens (tertiary/aromatic N) is 3. The van der Waals surface area contributed by atoms with Crippen LogP contribution in [0.4, 0.5) is 11.6 Å². The van der Waals surface area contributed by atoms with Crippen LogP contribution < -0.4 is 0 Å². The van der Waals surface area contributed by atoms with Gasteiger partial charge in [-0.05, 0) is 17.7 Å². The van der Waals surface area contributed by atoms with Gasteiger partial charge in [0.2, 0.25) is 0 Å². The Morgan fingerprint density at radius 1 is 1.42 bits per heavy atom. The van der Waals surface area contributed by atoms with Gasteiger partial charge in [0.15, 0.2) is 0 Å². The molecule has 0 radical (unpaired) electrons. The summed E-state index contributed by atoms with van der Waals surface area (Å²) in [6, 6.07) is 6.27. The molecule has 0 saturated carbocycles. The Balaban J connectivity index is 2.07. The minimum atomic E-state index is -0.434. The van der Waals surface area contributed by atoms with Crippen LogP contribution in [0, 0.1) is 16.7 Å². The Labute approximate surface area is 108 Å². The highest BCUT2D eigenvalue weighted by Gasteiger charge is 2.21. The van der Waals surface area contributed by atoms with Gasteiger partial charge in [0.1, 0.15) is 0 Å². The highest BCUT2D eigenvalue weighted by molar-refractivity contribution is 6.15. The van der Waals surface area contributed by atoms with E-state index in [-0.39, 0.29) is 11.6 Å². The van der Waals surface area contributed by atoms with Gasteiger partial charge in [-0.25, -0.2) is 0 Å². The van der Waals surface area contributed by atoms with Crippen LogP contribution >= 0.6 is 0 Å². The molecule has 1 aliphatic rings. The topological polar surface area (TPSA) is 73.0 Å². The number of nitro groups is 1. The molecule has 6 nitrogen and oxygen atoms in total. The first-order chi connectivity index (χ1) is 9.19. The molecule has 1 aromatic carbocycles. The van der Waals surface area contributed by atoms with Gasteiger partial charge >= 0.3 is 5.88 Å². The first-order valence-corrected chi connectivity index (χ1v) is 5.47. The van der Waals surface area contributed by atoms with Crippen LogP contribution in [0.1, 0.15) is 16.7 Å². The molecule has 0 spiro atoms. The van der Waals surface area contributed by atoms with Crippen molar-refractivity contribution in [2.75, 3.05) is 0 Å². The highest BCUT2D eigenvalue weighted by Crippen LogP contribution is 2.28. The molecule has 0 bridgehead atoms. The van der Waals surface area contributed by atoms with Crippen molar-refractivity contribution in [3.05, 3.63) is 68.8 Å². The van der Waals surface area contributed by atoms with Crippen molar-refractivity contribution in [2.45, 2.75) is 6.54 Å². The number of fused-ring (bicyclic) bond motifs is 1. The lowest BCUT2D eigenvalue weighted by Crippen LogP contribution is -2.00. The first-order valence-electron chi connectivity index (χ1n) is 5.47. The third-order valence-corrected chi connectivity index (χ3v) is 2.94. The van der Waals surface area contributed by atoms with E-state index in [2.05, 4.69) is 9.84 Å². The van der Waals surface area contributed by atoms with Crippen LogP contribution in [0.15, 0.2) is 39.9 Å². The third-order valence-electron chi connectivity index (χ3n) is 2.94. The number of hydrogen-bond donors (Lipinski definition) is 0. The fourth-order valence-electron chi connectivity index (χ4n) is 2.04. The molecule has 0 N–H and O–H groups in total. The van der Waals surface area contributed by atoms with Gasteiger partial charge in [-0.15, -0.1) is 0 Å². The second kappa shape index (κ2) is 4.07. The molecule has 3 rings (SSSR count). The molecule has 0 amide bonds. The van der Waals surface area contributed by atoms with Crippen LogP contribution in [-0.4, -0.2) is 10.6 Å². The molecule has 2 aromatic rings. The summed E-state index contributed by atoms with van der Waals surface area (Å²) in [6.45, 7) is 7.35. The Bertz CT molecular complexity index is 753. The summed E-state index contributed by atoms with van der Waals surface area (Å²) >= 11 is 0. The van der Waals surface area contributed by atoms with E-state index < -0.39 is 4.92 Å². The van der Waals surface area contributed by atoms with Crippen molar-refractivity contribution in [3.8, 4) is 0 Å². The zero-order chi connectivity index (χ0) is 13.4. The molecule has 0 fully saturated rings. The van der Waals surface area contributed by atoms with Crippen molar-refractivity contribution >= 4 is 17.3 Å². The van der Waals surface area contributed by atoms with Crippen molar-refractivity contribution in [1.82, 2.24) is 0 Å². The molecule has 1 aromatic heterocycles. The minimum absolute atomic E-state index is 0.0299. The summed E-state index contributed by atoms with van der Waals surface area (Å²) in [7, 11) is 0. The Morgan fingerprint density at radius 2 is 2.26 bits per heavy atom. The number of benzene rings is 1. The second-order valence-corrected chi connectivity index (χ2v) is 4.05. The number of nitro benzene ring substituents is 1. The highest BCUT2D eigenvalue weighted by atomic mass is 16.6. The largest absolute Gasteiger partial charge is 0.486 e. The molecule has 0 saturated heterocycles. The van der Waals surface area contributed by atoms with E-state index in [1.807, 2.05) is 0 Å². The minimum Gasteiger partial charge on any atom is -0.486 e. The smallest absolute Gasteiger partial charge is 0.346 e. The third kappa shape index (κ3) is 1.77. The molecule has 0 atom stereocenters. The summed E-state index contributed by atoms with van der Waals surface area (Å²) < 4.78 is 5.05. The zero-order valence-corrected chi connectivity index (χ0v) is 9.66. The lowest BCUT2D eigenvalue weighted by molar-refractivity contribution is -0.384. The van der Waals surface area contributed by atoms with Gasteiger partial charge in [-0.3, -0.25) is 15.1 Å². The zero-order valence-electron chi connectivity index (χ0n) is 9.66. The maximum atomic E-state index is 10.8. The lowest BCUT2D eigenvalue weighted by atomic mass is 10.0. The Kier molecular flexibility index (Phi) is 2.39. The van der Waals surface area contributed by atoms with E-state index in [4.69, 9.17) is 11.0 Å². The summed E-state index contributed by atoms with van der Waals surface area (Å²) in [4.78, 5) is 17.9. The van der Waals surface area contributed by atoms with E-state index in [0.717, 1.165) is 11.1 Å². The van der Waals surface area contributed by atoms with Crippen LogP contribution in [0.2, 0.25) is 0 Å². The first kappa shape index (κ1) is 11.2. The average Bonchev–Trinajstić information content (AvgIpc) is 3.03. The molecule has 0 aliphatic carbocycles.